The van der Waals surface area contributed by atoms with E-state index in [0.29, 0.717) is 5.56 Å². The van der Waals surface area contributed by atoms with Crippen molar-refractivity contribution >= 4 is 29.6 Å². The van der Waals surface area contributed by atoms with Gasteiger partial charge in [0.1, 0.15) is 7.85 Å². The van der Waals surface area contributed by atoms with E-state index in [0.717, 1.165) is 0 Å². The molecular formula is C7H7BBrNO. The van der Waals surface area contributed by atoms with E-state index in [1.807, 2.05) is 7.85 Å². The molecule has 0 bridgehead atoms. The molecule has 0 aliphatic carbocycles. The summed E-state index contributed by atoms with van der Waals surface area (Å²) in [4.78, 5) is 15.1. The Bertz CT molecular complexity index is 250. The first kappa shape index (κ1) is 8.46. The van der Waals surface area contributed by atoms with Crippen molar-refractivity contribution in [3.63, 3.8) is 0 Å². The largest absolute Gasteiger partial charge is 0.294 e. The number of aromatic nitrogens is 1. The molecule has 0 fully saturated rings. The highest BCUT2D eigenvalue weighted by atomic mass is 79.9. The molecule has 0 aromatic carbocycles. The van der Waals surface area contributed by atoms with E-state index in [-0.39, 0.29) is 10.5 Å². The van der Waals surface area contributed by atoms with Crippen LogP contribution in [0.5, 0.6) is 0 Å². The molecule has 1 rings (SSSR count). The van der Waals surface area contributed by atoms with E-state index in [2.05, 4.69) is 20.9 Å². The Hall–Kier alpha value is -0.635. The van der Waals surface area contributed by atoms with Crippen molar-refractivity contribution in [2.75, 3.05) is 0 Å². The second-order valence-corrected chi connectivity index (χ2v) is 3.59. The van der Waals surface area contributed by atoms with Crippen molar-refractivity contribution in [3.8, 4) is 0 Å². The van der Waals surface area contributed by atoms with Crippen LogP contribution in [0, 0.1) is 0 Å². The predicted octanol–water partition coefficient (Wildman–Crippen LogP) is 0.618. The number of nitrogens with zero attached hydrogens (tertiary/aromatic N) is 1. The van der Waals surface area contributed by atoms with Gasteiger partial charge in [0.2, 0.25) is 0 Å². The van der Waals surface area contributed by atoms with Crippen molar-refractivity contribution in [2.24, 2.45) is 0 Å². The minimum absolute atomic E-state index is 0.0902. The standard InChI is InChI=1S/C7H7BBrNO/c8-7(9)6(11)5-1-3-10-4-2-5/h1-4,7H,8H2. The van der Waals surface area contributed by atoms with E-state index in [1.54, 1.807) is 24.5 Å². The van der Waals surface area contributed by atoms with Gasteiger partial charge in [-0.3, -0.25) is 9.78 Å². The molecule has 0 N–H and O–H groups in total. The van der Waals surface area contributed by atoms with Crippen LogP contribution < -0.4 is 0 Å². The monoisotopic (exact) mass is 211 g/mol. The third-order valence-electron chi connectivity index (χ3n) is 1.33. The molecule has 0 aliphatic rings. The highest BCUT2D eigenvalue weighted by molar-refractivity contribution is 9.10. The highest BCUT2D eigenvalue weighted by Crippen LogP contribution is 2.05. The first-order valence-electron chi connectivity index (χ1n) is 3.30. The van der Waals surface area contributed by atoms with Crippen LogP contribution in [0.1, 0.15) is 10.4 Å². The van der Waals surface area contributed by atoms with E-state index in [9.17, 15) is 4.79 Å². The zero-order valence-electron chi connectivity index (χ0n) is 6.12. The third-order valence-corrected chi connectivity index (χ3v) is 1.74. The van der Waals surface area contributed by atoms with Crippen LogP contribution in [0.2, 0.25) is 0 Å². The second kappa shape index (κ2) is 3.67. The minimum Gasteiger partial charge on any atom is -0.294 e. The lowest BCUT2D eigenvalue weighted by Gasteiger charge is -2.00. The zero-order chi connectivity index (χ0) is 8.27. The minimum atomic E-state index is -0.120. The average Bonchev–Trinajstić information content (AvgIpc) is 2.05. The molecule has 0 saturated heterocycles. The first-order valence-corrected chi connectivity index (χ1v) is 4.21. The summed E-state index contributed by atoms with van der Waals surface area (Å²) in [5, 5.41) is 0. The number of halogens is 1. The smallest absolute Gasteiger partial charge is 0.168 e. The molecule has 0 radical (unpaired) electrons. The summed E-state index contributed by atoms with van der Waals surface area (Å²) >= 11 is 3.21. The topological polar surface area (TPSA) is 30.0 Å². The molecule has 0 saturated carbocycles. The maximum atomic E-state index is 11.3. The van der Waals surface area contributed by atoms with E-state index in [4.69, 9.17) is 0 Å². The quantitative estimate of drug-likeness (QED) is 0.408. The summed E-state index contributed by atoms with van der Waals surface area (Å²) in [5.74, 6) is 0.0902. The zero-order valence-corrected chi connectivity index (χ0v) is 7.71. The van der Waals surface area contributed by atoms with Crippen LogP contribution in [0.15, 0.2) is 24.5 Å². The molecular weight excluding hydrogens is 205 g/mol. The van der Waals surface area contributed by atoms with Gasteiger partial charge in [0.15, 0.2) is 5.78 Å². The second-order valence-electron chi connectivity index (χ2n) is 2.22. The number of rotatable bonds is 2. The van der Waals surface area contributed by atoms with Gasteiger partial charge in [-0.15, -0.1) is 0 Å². The van der Waals surface area contributed by atoms with Crippen LogP contribution in [-0.4, -0.2) is 23.3 Å². The highest BCUT2D eigenvalue weighted by Gasteiger charge is 2.10. The fourth-order valence-corrected chi connectivity index (χ4v) is 1.01. The number of Topliss-reactive ketones (excluding diaryl/α,β-unsaturated/α-hetero) is 1. The number of hydrogen-bond acceptors (Lipinski definition) is 2. The molecule has 1 aromatic heterocycles. The molecule has 2 nitrogen and oxygen atoms in total. The molecule has 1 aromatic rings. The average molecular weight is 212 g/mol. The number of carbonyl (C=O) groups is 1. The Labute approximate surface area is 74.6 Å². The summed E-state index contributed by atoms with van der Waals surface area (Å²) < 4.78 is -0.120. The van der Waals surface area contributed by atoms with E-state index in [1.165, 1.54) is 0 Å². The van der Waals surface area contributed by atoms with Gasteiger partial charge in [-0.2, -0.15) is 0 Å². The molecule has 0 spiro atoms. The van der Waals surface area contributed by atoms with Crippen LogP contribution in [0.3, 0.4) is 0 Å². The fraction of sp³-hybridized carbons (Fsp3) is 0.143. The molecule has 56 valence electrons. The number of ketones is 1. The Balaban J connectivity index is 2.86. The molecule has 0 amide bonds. The van der Waals surface area contributed by atoms with Gasteiger partial charge >= 0.3 is 0 Å². The molecule has 1 unspecified atom stereocenters. The van der Waals surface area contributed by atoms with Gasteiger partial charge in [-0.1, -0.05) is 15.9 Å². The summed E-state index contributed by atoms with van der Waals surface area (Å²) in [6.45, 7) is 0. The van der Waals surface area contributed by atoms with Crippen LogP contribution in [0.4, 0.5) is 0 Å². The van der Waals surface area contributed by atoms with Crippen molar-refractivity contribution in [1.29, 1.82) is 0 Å². The van der Waals surface area contributed by atoms with Crippen molar-refractivity contribution in [1.82, 2.24) is 4.98 Å². The molecule has 1 heterocycles. The van der Waals surface area contributed by atoms with E-state index >= 15 is 0 Å². The van der Waals surface area contributed by atoms with Crippen LogP contribution in [-0.2, 0) is 0 Å². The first-order chi connectivity index (χ1) is 5.22. The van der Waals surface area contributed by atoms with Gasteiger partial charge in [-0.25, -0.2) is 0 Å². The van der Waals surface area contributed by atoms with Crippen LogP contribution >= 0.6 is 15.9 Å². The SMILES string of the molecule is BC(Br)C(=O)c1ccncc1. The lowest BCUT2D eigenvalue weighted by atomic mass is 9.96. The lowest BCUT2D eigenvalue weighted by molar-refractivity contribution is 0.101. The summed E-state index contributed by atoms with van der Waals surface area (Å²) in [5.41, 5.74) is 0.698. The Morgan fingerprint density at radius 2 is 2.09 bits per heavy atom. The van der Waals surface area contributed by atoms with Crippen molar-refractivity contribution in [2.45, 2.75) is 4.73 Å². The predicted molar refractivity (Wildman–Crippen MR) is 49.8 cm³/mol. The Morgan fingerprint density at radius 3 is 2.55 bits per heavy atom. The van der Waals surface area contributed by atoms with Gasteiger partial charge in [0, 0.05) is 22.7 Å². The molecule has 0 aliphatic heterocycles. The lowest BCUT2D eigenvalue weighted by Crippen LogP contribution is -2.13. The fourth-order valence-electron chi connectivity index (χ4n) is 0.746. The number of pyridine rings is 1. The summed E-state index contributed by atoms with van der Waals surface area (Å²) in [7, 11) is 1.81. The van der Waals surface area contributed by atoms with Gasteiger partial charge in [0.05, 0.1) is 0 Å². The molecule has 1 atom stereocenters. The maximum Gasteiger partial charge on any atom is 0.168 e. The summed E-state index contributed by atoms with van der Waals surface area (Å²) in [6, 6.07) is 3.42. The Morgan fingerprint density at radius 1 is 1.55 bits per heavy atom. The Kier molecular flexibility index (Phi) is 2.82. The van der Waals surface area contributed by atoms with Gasteiger partial charge in [-0.05, 0) is 12.1 Å². The van der Waals surface area contributed by atoms with Crippen LogP contribution in [0.25, 0.3) is 0 Å². The van der Waals surface area contributed by atoms with Crippen molar-refractivity contribution in [3.05, 3.63) is 30.1 Å². The number of hydrogen-bond donors (Lipinski definition) is 0. The van der Waals surface area contributed by atoms with Crippen molar-refractivity contribution < 1.29 is 4.79 Å². The van der Waals surface area contributed by atoms with E-state index < -0.39 is 0 Å². The number of carbonyl (C=O) groups excluding carboxylic acids is 1. The molecule has 11 heavy (non-hydrogen) atoms. The summed E-state index contributed by atoms with van der Waals surface area (Å²) in [6.07, 6.45) is 3.23. The maximum absolute atomic E-state index is 11.3. The molecule has 4 heteroatoms. The van der Waals surface area contributed by atoms with Gasteiger partial charge < -0.3 is 0 Å². The number of alkyl halides is 1. The normalized spacial score (nSPS) is 12.5. The van der Waals surface area contributed by atoms with Gasteiger partial charge in [0.25, 0.3) is 0 Å². The third kappa shape index (κ3) is 2.15.